The molecule has 3 heteroatoms. The third kappa shape index (κ3) is 2.99. The Labute approximate surface area is 110 Å². The Morgan fingerprint density at radius 1 is 1.47 bits per heavy atom. The van der Waals surface area contributed by atoms with Gasteiger partial charge in [-0.2, -0.15) is 0 Å². The molecule has 0 bridgehead atoms. The van der Waals surface area contributed by atoms with Crippen LogP contribution >= 0.6 is 15.9 Å². The summed E-state index contributed by atoms with van der Waals surface area (Å²) in [6.45, 7) is 6.74. The molecular formula is C14H16BrNO. The van der Waals surface area contributed by atoms with Crippen molar-refractivity contribution in [2.45, 2.75) is 19.4 Å². The van der Waals surface area contributed by atoms with Gasteiger partial charge in [0, 0.05) is 9.86 Å². The average molecular weight is 294 g/mol. The van der Waals surface area contributed by atoms with E-state index < -0.39 is 0 Å². The first kappa shape index (κ1) is 12.4. The summed E-state index contributed by atoms with van der Waals surface area (Å²) in [5, 5.41) is 4.53. The highest BCUT2D eigenvalue weighted by molar-refractivity contribution is 9.10. The zero-order chi connectivity index (χ0) is 12.3. The van der Waals surface area contributed by atoms with Crippen molar-refractivity contribution in [3.8, 4) is 0 Å². The normalized spacial score (nSPS) is 12.8. The molecule has 1 unspecified atom stereocenters. The molecular weight excluding hydrogens is 278 g/mol. The van der Waals surface area contributed by atoms with Crippen LogP contribution < -0.4 is 5.32 Å². The highest BCUT2D eigenvalue weighted by Crippen LogP contribution is 2.26. The lowest BCUT2D eigenvalue weighted by Crippen LogP contribution is -2.18. The number of furan rings is 1. The number of benzene rings is 1. The summed E-state index contributed by atoms with van der Waals surface area (Å²) < 4.78 is 6.88. The highest BCUT2D eigenvalue weighted by Gasteiger charge is 2.10. The number of fused-ring (bicyclic) bond motifs is 1. The monoisotopic (exact) mass is 293 g/mol. The van der Waals surface area contributed by atoms with Crippen LogP contribution in [0.15, 0.2) is 45.8 Å². The quantitative estimate of drug-likeness (QED) is 0.652. The minimum atomic E-state index is 0.223. The van der Waals surface area contributed by atoms with Crippen LogP contribution in [0.5, 0.6) is 0 Å². The molecule has 1 aromatic heterocycles. The van der Waals surface area contributed by atoms with Crippen LogP contribution in [0.3, 0.4) is 0 Å². The van der Waals surface area contributed by atoms with Crippen LogP contribution in [-0.4, -0.2) is 6.54 Å². The van der Waals surface area contributed by atoms with Crippen LogP contribution in [0.25, 0.3) is 11.0 Å². The lowest BCUT2D eigenvalue weighted by molar-refractivity contribution is 0.455. The summed E-state index contributed by atoms with van der Waals surface area (Å²) in [4.78, 5) is 0. The van der Waals surface area contributed by atoms with Gasteiger partial charge in [0.05, 0.1) is 6.04 Å². The molecule has 2 aromatic rings. The van der Waals surface area contributed by atoms with Gasteiger partial charge in [-0.1, -0.05) is 22.0 Å². The Morgan fingerprint density at radius 3 is 3.06 bits per heavy atom. The molecule has 2 nitrogen and oxygen atoms in total. The minimum Gasteiger partial charge on any atom is -0.459 e. The van der Waals surface area contributed by atoms with Crippen molar-refractivity contribution in [1.29, 1.82) is 0 Å². The molecule has 0 aliphatic carbocycles. The Balaban J connectivity index is 2.15. The van der Waals surface area contributed by atoms with Crippen LogP contribution in [0.2, 0.25) is 0 Å². The second kappa shape index (κ2) is 5.52. The molecule has 0 aliphatic heterocycles. The fraction of sp³-hybridized carbons (Fsp3) is 0.286. The largest absolute Gasteiger partial charge is 0.459 e. The van der Waals surface area contributed by atoms with Crippen molar-refractivity contribution >= 4 is 26.9 Å². The summed E-state index contributed by atoms with van der Waals surface area (Å²) in [7, 11) is 0. The van der Waals surface area contributed by atoms with Crippen molar-refractivity contribution in [1.82, 2.24) is 5.32 Å². The minimum absolute atomic E-state index is 0.223. The predicted molar refractivity (Wildman–Crippen MR) is 75.1 cm³/mol. The molecule has 0 amide bonds. The molecule has 1 heterocycles. The SMILES string of the molecule is C=CCCNC(C)c1cc2cc(Br)ccc2o1. The van der Waals surface area contributed by atoms with Crippen molar-refractivity contribution in [2.75, 3.05) is 6.54 Å². The van der Waals surface area contributed by atoms with Gasteiger partial charge >= 0.3 is 0 Å². The molecule has 0 saturated carbocycles. The van der Waals surface area contributed by atoms with E-state index in [-0.39, 0.29) is 6.04 Å². The molecule has 17 heavy (non-hydrogen) atoms. The molecule has 0 aliphatic rings. The van der Waals surface area contributed by atoms with Crippen molar-refractivity contribution in [3.05, 3.63) is 47.2 Å². The Bertz CT molecular complexity index is 518. The van der Waals surface area contributed by atoms with Gasteiger partial charge in [-0.15, -0.1) is 6.58 Å². The van der Waals surface area contributed by atoms with Crippen LogP contribution in [0, 0.1) is 0 Å². The summed E-state index contributed by atoms with van der Waals surface area (Å²) in [6.07, 6.45) is 2.88. The molecule has 1 aromatic carbocycles. The van der Waals surface area contributed by atoms with Gasteiger partial charge in [0.25, 0.3) is 0 Å². The van der Waals surface area contributed by atoms with Gasteiger partial charge in [-0.05, 0) is 44.2 Å². The van der Waals surface area contributed by atoms with E-state index in [0.717, 1.165) is 34.2 Å². The van der Waals surface area contributed by atoms with Gasteiger partial charge in [0.1, 0.15) is 11.3 Å². The predicted octanol–water partition coefficient (Wildman–Crippen LogP) is 4.42. The Morgan fingerprint density at radius 2 is 2.29 bits per heavy atom. The molecule has 1 N–H and O–H groups in total. The number of hydrogen-bond donors (Lipinski definition) is 1. The van der Waals surface area contributed by atoms with E-state index in [9.17, 15) is 0 Å². The third-order valence-electron chi connectivity index (χ3n) is 2.72. The maximum Gasteiger partial charge on any atom is 0.134 e. The first-order chi connectivity index (χ1) is 8.20. The topological polar surface area (TPSA) is 25.2 Å². The number of hydrogen-bond acceptors (Lipinski definition) is 2. The van der Waals surface area contributed by atoms with E-state index >= 15 is 0 Å². The maximum atomic E-state index is 5.81. The van der Waals surface area contributed by atoms with Crippen LogP contribution in [0.4, 0.5) is 0 Å². The number of rotatable bonds is 5. The lowest BCUT2D eigenvalue weighted by atomic mass is 10.2. The van der Waals surface area contributed by atoms with Crippen molar-refractivity contribution in [2.24, 2.45) is 0 Å². The van der Waals surface area contributed by atoms with Gasteiger partial charge in [-0.25, -0.2) is 0 Å². The molecule has 0 fully saturated rings. The summed E-state index contributed by atoms with van der Waals surface area (Å²) >= 11 is 3.46. The smallest absolute Gasteiger partial charge is 0.134 e. The first-order valence-electron chi connectivity index (χ1n) is 5.74. The van der Waals surface area contributed by atoms with Crippen molar-refractivity contribution < 1.29 is 4.42 Å². The maximum absolute atomic E-state index is 5.81. The molecule has 2 rings (SSSR count). The summed E-state index contributed by atoms with van der Waals surface area (Å²) in [5.74, 6) is 0.974. The fourth-order valence-corrected chi connectivity index (χ4v) is 2.13. The molecule has 0 spiro atoms. The van der Waals surface area contributed by atoms with Gasteiger partial charge in [-0.3, -0.25) is 0 Å². The van der Waals surface area contributed by atoms with E-state index in [1.54, 1.807) is 0 Å². The fourth-order valence-electron chi connectivity index (χ4n) is 1.75. The van der Waals surface area contributed by atoms with Gasteiger partial charge in [0.2, 0.25) is 0 Å². The standard InChI is InChI=1S/C14H16BrNO/c1-3-4-7-16-10(2)14-9-11-8-12(15)5-6-13(11)17-14/h3,5-6,8-10,16H,1,4,7H2,2H3. The zero-order valence-electron chi connectivity index (χ0n) is 9.87. The van der Waals surface area contributed by atoms with E-state index in [1.165, 1.54) is 0 Å². The van der Waals surface area contributed by atoms with E-state index in [1.807, 2.05) is 18.2 Å². The van der Waals surface area contributed by atoms with Crippen molar-refractivity contribution in [3.63, 3.8) is 0 Å². The van der Waals surface area contributed by atoms with Crippen LogP contribution in [-0.2, 0) is 0 Å². The molecule has 0 radical (unpaired) electrons. The van der Waals surface area contributed by atoms with Gasteiger partial charge in [0.15, 0.2) is 0 Å². The van der Waals surface area contributed by atoms with Crippen LogP contribution in [0.1, 0.15) is 25.1 Å². The van der Waals surface area contributed by atoms with E-state index in [4.69, 9.17) is 4.42 Å². The Hall–Kier alpha value is -1.06. The molecule has 1 atom stereocenters. The van der Waals surface area contributed by atoms with Gasteiger partial charge < -0.3 is 9.73 Å². The highest BCUT2D eigenvalue weighted by atomic mass is 79.9. The number of halogens is 1. The average Bonchev–Trinajstić information content (AvgIpc) is 2.72. The first-order valence-corrected chi connectivity index (χ1v) is 6.53. The summed E-state index contributed by atoms with van der Waals surface area (Å²) in [6, 6.07) is 8.36. The third-order valence-corrected chi connectivity index (χ3v) is 3.22. The Kier molecular flexibility index (Phi) is 4.02. The molecule has 90 valence electrons. The second-order valence-electron chi connectivity index (χ2n) is 4.08. The van der Waals surface area contributed by atoms with E-state index in [2.05, 4.69) is 46.9 Å². The number of nitrogens with one attached hydrogen (secondary N) is 1. The lowest BCUT2D eigenvalue weighted by Gasteiger charge is -2.09. The zero-order valence-corrected chi connectivity index (χ0v) is 11.5. The van der Waals surface area contributed by atoms with E-state index in [0.29, 0.717) is 0 Å². The summed E-state index contributed by atoms with van der Waals surface area (Å²) in [5.41, 5.74) is 0.931. The second-order valence-corrected chi connectivity index (χ2v) is 5.00. The molecule has 0 saturated heterocycles.